The average molecular weight is 344 g/mol. The molecule has 1 saturated carbocycles. The molecule has 0 saturated heterocycles. The molecular formula is C19H21FN2OS. The van der Waals surface area contributed by atoms with Crippen LogP contribution in [0.25, 0.3) is 0 Å². The highest BCUT2D eigenvalue weighted by molar-refractivity contribution is 7.10. The predicted molar refractivity (Wildman–Crippen MR) is 93.3 cm³/mol. The lowest BCUT2D eigenvalue weighted by molar-refractivity contribution is -0.133. The molecule has 1 aliphatic carbocycles. The van der Waals surface area contributed by atoms with Gasteiger partial charge in [-0.3, -0.25) is 9.69 Å². The lowest BCUT2D eigenvalue weighted by atomic mass is 10.1. The fraction of sp³-hybridized carbons (Fsp3) is 0.421. The molecular weight excluding hydrogens is 323 g/mol. The minimum absolute atomic E-state index is 0.162. The van der Waals surface area contributed by atoms with Crippen LogP contribution in [0, 0.1) is 5.82 Å². The largest absolute Gasteiger partial charge is 0.337 e. The predicted octanol–water partition coefficient (Wildman–Crippen LogP) is 3.44. The summed E-state index contributed by atoms with van der Waals surface area (Å²) in [5, 5.41) is 2.10. The Labute approximate surface area is 145 Å². The molecule has 1 aromatic heterocycles. The first-order chi connectivity index (χ1) is 11.7. The Hall–Kier alpha value is -1.72. The lowest BCUT2D eigenvalue weighted by Crippen LogP contribution is -2.43. The monoisotopic (exact) mass is 344 g/mol. The van der Waals surface area contributed by atoms with Gasteiger partial charge < -0.3 is 4.90 Å². The minimum Gasteiger partial charge on any atom is -0.337 e. The topological polar surface area (TPSA) is 23.6 Å². The second kappa shape index (κ2) is 6.65. The summed E-state index contributed by atoms with van der Waals surface area (Å²) in [5.41, 5.74) is 1.96. The molecule has 0 unspecified atom stereocenters. The van der Waals surface area contributed by atoms with Crippen LogP contribution in [0.15, 0.2) is 35.7 Å². The van der Waals surface area contributed by atoms with Crippen LogP contribution >= 0.6 is 11.3 Å². The van der Waals surface area contributed by atoms with Gasteiger partial charge in [-0.2, -0.15) is 0 Å². The van der Waals surface area contributed by atoms with Crippen LogP contribution in [0.5, 0.6) is 0 Å². The van der Waals surface area contributed by atoms with E-state index in [4.69, 9.17) is 0 Å². The van der Waals surface area contributed by atoms with Crippen LogP contribution in [-0.2, 0) is 24.3 Å². The smallest absolute Gasteiger partial charge is 0.237 e. The van der Waals surface area contributed by atoms with Gasteiger partial charge in [-0.25, -0.2) is 4.39 Å². The Kier molecular flexibility index (Phi) is 4.37. The van der Waals surface area contributed by atoms with Crippen molar-refractivity contribution in [2.24, 2.45) is 0 Å². The van der Waals surface area contributed by atoms with E-state index in [1.807, 2.05) is 17.0 Å². The zero-order valence-electron chi connectivity index (χ0n) is 13.6. The number of carbonyl (C=O) groups is 1. The third-order valence-corrected chi connectivity index (χ3v) is 5.92. The van der Waals surface area contributed by atoms with Crippen LogP contribution in [0.3, 0.4) is 0 Å². The van der Waals surface area contributed by atoms with Gasteiger partial charge in [-0.15, -0.1) is 11.3 Å². The van der Waals surface area contributed by atoms with E-state index >= 15 is 0 Å². The molecule has 0 N–H and O–H groups in total. The Morgan fingerprint density at radius 3 is 2.92 bits per heavy atom. The quantitative estimate of drug-likeness (QED) is 0.830. The van der Waals surface area contributed by atoms with Gasteiger partial charge in [0, 0.05) is 36.1 Å². The Morgan fingerprint density at radius 2 is 2.12 bits per heavy atom. The van der Waals surface area contributed by atoms with Gasteiger partial charge in [0.05, 0.1) is 6.54 Å². The molecule has 126 valence electrons. The summed E-state index contributed by atoms with van der Waals surface area (Å²) in [6.45, 7) is 2.42. The van der Waals surface area contributed by atoms with E-state index in [1.54, 1.807) is 17.4 Å². The number of nitrogens with zero attached hydrogens (tertiary/aromatic N) is 2. The van der Waals surface area contributed by atoms with Gasteiger partial charge in [0.2, 0.25) is 5.91 Å². The number of hydrogen-bond acceptors (Lipinski definition) is 3. The van der Waals surface area contributed by atoms with Crippen molar-refractivity contribution < 1.29 is 9.18 Å². The maximum absolute atomic E-state index is 13.9. The zero-order valence-corrected chi connectivity index (χ0v) is 14.4. The second-order valence-electron chi connectivity index (χ2n) is 6.66. The summed E-state index contributed by atoms with van der Waals surface area (Å²) in [6, 6.07) is 9.41. The lowest BCUT2D eigenvalue weighted by Gasteiger charge is -2.30. The van der Waals surface area contributed by atoms with Gasteiger partial charge in [-0.1, -0.05) is 18.2 Å². The molecule has 0 radical (unpaired) electrons. The molecule has 1 aliphatic heterocycles. The molecule has 2 aliphatic rings. The summed E-state index contributed by atoms with van der Waals surface area (Å²) in [4.78, 5) is 18.2. The van der Waals surface area contributed by atoms with E-state index in [0.717, 1.165) is 32.4 Å². The van der Waals surface area contributed by atoms with Crippen molar-refractivity contribution in [3.8, 4) is 0 Å². The van der Waals surface area contributed by atoms with E-state index in [2.05, 4.69) is 16.3 Å². The summed E-state index contributed by atoms with van der Waals surface area (Å²) in [6.07, 6.45) is 3.17. The highest BCUT2D eigenvalue weighted by atomic mass is 32.1. The summed E-state index contributed by atoms with van der Waals surface area (Å²) in [7, 11) is 0. The van der Waals surface area contributed by atoms with Gasteiger partial charge in [0.1, 0.15) is 5.82 Å². The third-order valence-electron chi connectivity index (χ3n) is 4.89. The second-order valence-corrected chi connectivity index (χ2v) is 7.66. The van der Waals surface area contributed by atoms with Crippen molar-refractivity contribution in [3.63, 3.8) is 0 Å². The van der Waals surface area contributed by atoms with E-state index in [9.17, 15) is 9.18 Å². The van der Waals surface area contributed by atoms with Gasteiger partial charge in [-0.05, 0) is 42.3 Å². The maximum atomic E-state index is 13.9. The maximum Gasteiger partial charge on any atom is 0.237 e. The molecule has 0 spiro atoms. The number of thiophene rings is 1. The molecule has 0 atom stereocenters. The number of carbonyl (C=O) groups excluding carboxylic acids is 1. The molecule has 1 aromatic carbocycles. The van der Waals surface area contributed by atoms with Gasteiger partial charge >= 0.3 is 0 Å². The van der Waals surface area contributed by atoms with E-state index in [1.165, 1.54) is 16.5 Å². The van der Waals surface area contributed by atoms with Gasteiger partial charge in [0.25, 0.3) is 0 Å². The normalized spacial score (nSPS) is 17.2. The van der Waals surface area contributed by atoms with Crippen LogP contribution in [0.2, 0.25) is 0 Å². The number of rotatable bonds is 5. The zero-order chi connectivity index (χ0) is 16.5. The number of hydrogen-bond donors (Lipinski definition) is 0. The molecule has 2 heterocycles. The number of fused-ring (bicyclic) bond motifs is 1. The summed E-state index contributed by atoms with van der Waals surface area (Å²) >= 11 is 1.78. The molecule has 24 heavy (non-hydrogen) atoms. The fourth-order valence-corrected chi connectivity index (χ4v) is 4.22. The molecule has 1 fully saturated rings. The van der Waals surface area contributed by atoms with E-state index < -0.39 is 0 Å². The van der Waals surface area contributed by atoms with Crippen LogP contribution < -0.4 is 0 Å². The van der Waals surface area contributed by atoms with Crippen molar-refractivity contribution >= 4 is 17.2 Å². The van der Waals surface area contributed by atoms with Crippen molar-refractivity contribution in [1.29, 1.82) is 0 Å². The minimum atomic E-state index is -0.184. The van der Waals surface area contributed by atoms with Gasteiger partial charge in [0.15, 0.2) is 0 Å². The Bertz CT molecular complexity index is 740. The average Bonchev–Trinajstić information content (AvgIpc) is 3.33. The molecule has 2 aromatic rings. The summed E-state index contributed by atoms with van der Waals surface area (Å²) < 4.78 is 13.9. The summed E-state index contributed by atoms with van der Waals surface area (Å²) in [5.74, 6) is -0.0217. The van der Waals surface area contributed by atoms with Crippen molar-refractivity contribution in [3.05, 3.63) is 57.5 Å². The third kappa shape index (κ3) is 3.37. The first-order valence-electron chi connectivity index (χ1n) is 8.51. The first-order valence-corrected chi connectivity index (χ1v) is 9.39. The van der Waals surface area contributed by atoms with E-state index in [0.29, 0.717) is 24.7 Å². The van der Waals surface area contributed by atoms with Crippen molar-refractivity contribution in [2.75, 3.05) is 13.1 Å². The highest BCUT2D eigenvalue weighted by Gasteiger charge is 2.32. The van der Waals surface area contributed by atoms with Crippen molar-refractivity contribution in [2.45, 2.75) is 38.4 Å². The highest BCUT2D eigenvalue weighted by Crippen LogP contribution is 2.29. The molecule has 5 heteroatoms. The Balaban J connectivity index is 1.42. The first kappa shape index (κ1) is 15.8. The molecule has 4 rings (SSSR count). The standard InChI is InChI=1S/C19H21FN2OS/c20-17-4-2-1-3-14(17)11-22(16-5-6-16)13-19(23)21-9-7-18-15(12-21)8-10-24-18/h1-4,8,10,16H,5-7,9,11-13H2. The van der Waals surface area contributed by atoms with Crippen LogP contribution in [-0.4, -0.2) is 34.8 Å². The SMILES string of the molecule is O=C(CN(Cc1ccccc1F)C1CC1)N1CCc2sccc2C1. The van der Waals surface area contributed by atoms with Crippen molar-refractivity contribution in [1.82, 2.24) is 9.80 Å². The number of benzene rings is 1. The number of halogens is 1. The molecule has 1 amide bonds. The number of amides is 1. The molecule has 0 bridgehead atoms. The fourth-order valence-electron chi connectivity index (χ4n) is 3.33. The van der Waals surface area contributed by atoms with Crippen LogP contribution in [0.1, 0.15) is 28.8 Å². The molecule has 3 nitrogen and oxygen atoms in total. The Morgan fingerprint density at radius 1 is 1.29 bits per heavy atom. The van der Waals surface area contributed by atoms with Crippen LogP contribution in [0.4, 0.5) is 4.39 Å². The van der Waals surface area contributed by atoms with E-state index in [-0.39, 0.29) is 11.7 Å².